The molecule has 0 aliphatic carbocycles. The van der Waals surface area contributed by atoms with Gasteiger partial charge in [0.05, 0.1) is 28.2 Å². The molecule has 2 aromatic carbocycles. The summed E-state index contributed by atoms with van der Waals surface area (Å²) < 4.78 is 30.0. The van der Waals surface area contributed by atoms with E-state index < -0.39 is 23.4 Å². The minimum Gasteiger partial charge on any atom is -0.507 e. The molecule has 0 radical (unpaired) electrons. The number of nitrogens with one attached hydrogen (secondary N) is 1. The number of fused-ring (bicyclic) bond motifs is 5. The van der Waals surface area contributed by atoms with Crippen LogP contribution in [0.2, 0.25) is 5.02 Å². The lowest BCUT2D eigenvalue weighted by molar-refractivity contribution is -0.120. The summed E-state index contributed by atoms with van der Waals surface area (Å²) in [6.07, 6.45) is 1.44. The van der Waals surface area contributed by atoms with Crippen molar-refractivity contribution in [1.29, 1.82) is 0 Å². The van der Waals surface area contributed by atoms with Gasteiger partial charge in [-0.1, -0.05) is 17.7 Å². The Morgan fingerprint density at radius 2 is 2.10 bits per heavy atom. The van der Waals surface area contributed by atoms with Crippen LogP contribution in [0.1, 0.15) is 0 Å². The van der Waals surface area contributed by atoms with E-state index in [2.05, 4.69) is 10.3 Å². The average Bonchev–Trinajstić information content (AvgIpc) is 2.73. The summed E-state index contributed by atoms with van der Waals surface area (Å²) in [7, 11) is 1.66. The van der Waals surface area contributed by atoms with Crippen molar-refractivity contribution >= 4 is 39.8 Å². The van der Waals surface area contributed by atoms with Gasteiger partial charge in [0.2, 0.25) is 0 Å². The van der Waals surface area contributed by atoms with E-state index in [0.29, 0.717) is 36.4 Å². The minimum absolute atomic E-state index is 0.00386. The summed E-state index contributed by atoms with van der Waals surface area (Å²) in [6, 6.07) is 4.83. The van der Waals surface area contributed by atoms with Crippen LogP contribution in [-0.2, 0) is 4.79 Å². The second-order valence-electron chi connectivity index (χ2n) is 7.38. The minimum atomic E-state index is -0.827. The number of benzene rings is 2. The molecule has 2 aliphatic heterocycles. The van der Waals surface area contributed by atoms with Crippen LogP contribution in [0.5, 0.6) is 5.75 Å². The molecule has 154 valence electrons. The van der Waals surface area contributed by atoms with Gasteiger partial charge >= 0.3 is 0 Å². The zero-order chi connectivity index (χ0) is 21.2. The number of hydrogen-bond acceptors (Lipinski definition) is 5. The molecule has 0 spiro atoms. The fourth-order valence-electron chi connectivity index (χ4n) is 4.31. The molecule has 3 aromatic rings. The highest BCUT2D eigenvalue weighted by atomic mass is 35.5. The molecule has 1 saturated heterocycles. The third kappa shape index (κ3) is 2.57. The molecular weight excluding hydrogens is 414 g/mol. The molecular formula is C21H17ClF2N4O2. The topological polar surface area (TPSA) is 68.7 Å². The molecule has 1 atom stereocenters. The van der Waals surface area contributed by atoms with E-state index in [0.717, 1.165) is 6.07 Å². The number of aromatic hydroxyl groups is 1. The number of carbonyl (C=O) groups excluding carboxylic acids is 1. The molecule has 9 heteroatoms. The largest absolute Gasteiger partial charge is 0.507 e. The summed E-state index contributed by atoms with van der Waals surface area (Å²) in [5.74, 6) is -2.11. The Bertz CT molecular complexity index is 1200. The van der Waals surface area contributed by atoms with Gasteiger partial charge in [-0.15, -0.1) is 0 Å². The van der Waals surface area contributed by atoms with Crippen LogP contribution >= 0.6 is 11.6 Å². The van der Waals surface area contributed by atoms with Crippen LogP contribution < -0.4 is 15.1 Å². The van der Waals surface area contributed by atoms with Crippen molar-refractivity contribution in [1.82, 2.24) is 10.3 Å². The predicted molar refractivity (Wildman–Crippen MR) is 111 cm³/mol. The predicted octanol–water partition coefficient (Wildman–Crippen LogP) is 3.29. The monoisotopic (exact) mass is 430 g/mol. The van der Waals surface area contributed by atoms with Gasteiger partial charge in [0.15, 0.2) is 5.82 Å². The lowest BCUT2D eigenvalue weighted by atomic mass is 9.97. The van der Waals surface area contributed by atoms with Gasteiger partial charge in [-0.25, -0.2) is 8.78 Å². The summed E-state index contributed by atoms with van der Waals surface area (Å²) in [5.41, 5.74) is 0.662. The van der Waals surface area contributed by atoms with Crippen LogP contribution in [0.25, 0.3) is 22.0 Å². The Morgan fingerprint density at radius 1 is 1.30 bits per heavy atom. The third-order valence-electron chi connectivity index (χ3n) is 5.76. The molecule has 0 unspecified atom stereocenters. The number of pyridine rings is 1. The molecule has 2 N–H and O–H groups in total. The Balaban J connectivity index is 1.82. The summed E-state index contributed by atoms with van der Waals surface area (Å²) in [4.78, 5) is 20.4. The van der Waals surface area contributed by atoms with Crippen LogP contribution in [0.15, 0.2) is 30.5 Å². The van der Waals surface area contributed by atoms with Gasteiger partial charge in [0.25, 0.3) is 5.91 Å². The van der Waals surface area contributed by atoms with E-state index in [9.17, 15) is 14.3 Å². The second-order valence-corrected chi connectivity index (χ2v) is 7.79. The van der Waals surface area contributed by atoms with E-state index in [-0.39, 0.29) is 27.6 Å². The first kappa shape index (κ1) is 19.0. The fourth-order valence-corrected chi connectivity index (χ4v) is 4.60. The number of anilines is 2. The van der Waals surface area contributed by atoms with Crippen molar-refractivity contribution in [2.45, 2.75) is 6.04 Å². The van der Waals surface area contributed by atoms with Crippen molar-refractivity contribution in [2.75, 3.05) is 36.5 Å². The van der Waals surface area contributed by atoms with Gasteiger partial charge in [-0.3, -0.25) is 9.78 Å². The van der Waals surface area contributed by atoms with Gasteiger partial charge < -0.3 is 20.2 Å². The molecule has 3 heterocycles. The van der Waals surface area contributed by atoms with Gasteiger partial charge in [0.1, 0.15) is 23.1 Å². The number of halogens is 3. The number of piperazine rings is 1. The maximum absolute atomic E-state index is 15.6. The summed E-state index contributed by atoms with van der Waals surface area (Å²) in [6.45, 7) is 1.71. The SMILES string of the molecule is CN1C(=O)[C@H]2CNCCN2c2c1cnc1c(F)c(-c3c(O)cccc3F)c(Cl)cc21. The number of hydrogen-bond donors (Lipinski definition) is 2. The normalized spacial score (nSPS) is 18.5. The molecule has 0 bridgehead atoms. The standard InChI is InChI=1S/C21H17ClF2N4O2/c1-27-13-9-26-19-10(20(13)28-6-5-25-8-14(28)21(27)30)7-11(22)16(18(19)24)17-12(23)3-2-4-15(17)29/h2-4,7,9,14,25,29H,5-6,8H2,1H3/t14-/m1/s1. The first-order chi connectivity index (χ1) is 14.4. The van der Waals surface area contributed by atoms with Crippen LogP contribution in [0.3, 0.4) is 0 Å². The van der Waals surface area contributed by atoms with Gasteiger partial charge in [-0.05, 0) is 18.2 Å². The lowest BCUT2D eigenvalue weighted by Crippen LogP contribution is -2.61. The zero-order valence-electron chi connectivity index (χ0n) is 15.9. The zero-order valence-corrected chi connectivity index (χ0v) is 16.7. The average molecular weight is 431 g/mol. The van der Waals surface area contributed by atoms with Crippen molar-refractivity contribution in [3.8, 4) is 16.9 Å². The molecule has 0 saturated carbocycles. The summed E-state index contributed by atoms with van der Waals surface area (Å²) >= 11 is 6.41. The number of nitrogens with zero attached hydrogens (tertiary/aromatic N) is 3. The van der Waals surface area contributed by atoms with E-state index in [1.165, 1.54) is 29.3 Å². The number of amides is 1. The smallest absolute Gasteiger partial charge is 0.250 e. The highest BCUT2D eigenvalue weighted by Gasteiger charge is 2.39. The molecule has 1 fully saturated rings. The number of aromatic nitrogens is 1. The molecule has 2 aliphatic rings. The fraction of sp³-hybridized carbons (Fsp3) is 0.238. The summed E-state index contributed by atoms with van der Waals surface area (Å²) in [5, 5.41) is 13.7. The van der Waals surface area contributed by atoms with E-state index in [4.69, 9.17) is 11.6 Å². The highest BCUT2D eigenvalue weighted by Crippen LogP contribution is 2.46. The van der Waals surface area contributed by atoms with Gasteiger partial charge in [0, 0.05) is 37.6 Å². The third-order valence-corrected chi connectivity index (χ3v) is 6.05. The quantitative estimate of drug-likeness (QED) is 0.620. The van der Waals surface area contributed by atoms with E-state index >= 15 is 4.39 Å². The Morgan fingerprint density at radius 3 is 2.87 bits per heavy atom. The molecule has 5 rings (SSSR count). The maximum atomic E-state index is 15.6. The van der Waals surface area contributed by atoms with Crippen LogP contribution in [-0.4, -0.2) is 48.7 Å². The molecule has 30 heavy (non-hydrogen) atoms. The number of carbonyl (C=O) groups is 1. The Kier molecular flexibility index (Phi) is 4.30. The first-order valence-electron chi connectivity index (χ1n) is 9.43. The lowest BCUT2D eigenvalue weighted by Gasteiger charge is -2.44. The Hall–Kier alpha value is -2.97. The highest BCUT2D eigenvalue weighted by molar-refractivity contribution is 6.34. The first-order valence-corrected chi connectivity index (χ1v) is 9.81. The number of likely N-dealkylation sites (N-methyl/N-ethyl adjacent to an activating group) is 1. The molecule has 6 nitrogen and oxygen atoms in total. The Labute approximate surface area is 175 Å². The number of phenols is 1. The molecule has 1 amide bonds. The number of rotatable bonds is 1. The van der Waals surface area contributed by atoms with Crippen molar-refractivity contribution in [2.24, 2.45) is 0 Å². The number of phenolic OH excluding ortho intramolecular Hbond substituents is 1. The maximum Gasteiger partial charge on any atom is 0.250 e. The van der Waals surface area contributed by atoms with Crippen LogP contribution in [0.4, 0.5) is 20.2 Å². The van der Waals surface area contributed by atoms with Crippen molar-refractivity contribution in [3.63, 3.8) is 0 Å². The second kappa shape index (κ2) is 6.78. The van der Waals surface area contributed by atoms with E-state index in [1.807, 2.05) is 4.90 Å². The molecule has 1 aromatic heterocycles. The van der Waals surface area contributed by atoms with E-state index in [1.54, 1.807) is 7.05 Å². The van der Waals surface area contributed by atoms with Gasteiger partial charge in [-0.2, -0.15) is 0 Å². The van der Waals surface area contributed by atoms with Crippen molar-refractivity contribution < 1.29 is 18.7 Å². The van der Waals surface area contributed by atoms with Crippen LogP contribution in [0, 0.1) is 11.6 Å². The van der Waals surface area contributed by atoms with Crippen molar-refractivity contribution in [3.05, 3.63) is 47.1 Å².